The maximum Gasteiger partial charge on any atom is 0.338 e. The van der Waals surface area contributed by atoms with E-state index in [-0.39, 0.29) is 30.2 Å². The van der Waals surface area contributed by atoms with Crippen molar-refractivity contribution < 1.29 is 19.2 Å². The lowest BCUT2D eigenvalue weighted by atomic mass is 9.93. The Morgan fingerprint density at radius 2 is 1.84 bits per heavy atom. The Kier molecular flexibility index (Phi) is 8.68. The van der Waals surface area contributed by atoms with Crippen molar-refractivity contribution in [3.63, 3.8) is 0 Å². The molecule has 5 rings (SSSR count). The predicted molar refractivity (Wildman–Crippen MR) is 165 cm³/mol. The summed E-state index contributed by atoms with van der Waals surface area (Å²) in [6, 6.07) is 21.1. The van der Waals surface area contributed by atoms with Crippen LogP contribution in [0.2, 0.25) is 0 Å². The van der Waals surface area contributed by atoms with Gasteiger partial charge in [0.15, 0.2) is 10.6 Å². The lowest BCUT2D eigenvalue weighted by Gasteiger charge is -2.25. The van der Waals surface area contributed by atoms with Crippen LogP contribution in [-0.2, 0) is 16.1 Å². The summed E-state index contributed by atoms with van der Waals surface area (Å²) in [7, 11) is 0. The lowest BCUT2D eigenvalue weighted by molar-refractivity contribution is -0.386. The van der Waals surface area contributed by atoms with Gasteiger partial charge in [-0.25, -0.2) is 9.79 Å². The van der Waals surface area contributed by atoms with E-state index in [2.05, 4.69) is 18.8 Å². The summed E-state index contributed by atoms with van der Waals surface area (Å²) in [4.78, 5) is 43.5. The number of ether oxygens (including phenoxy) is 2. The van der Waals surface area contributed by atoms with Crippen molar-refractivity contribution in [1.29, 1.82) is 0 Å². The number of fused-ring (bicyclic) bond motifs is 1. The number of benzene rings is 3. The zero-order chi connectivity index (χ0) is 30.7. The zero-order valence-corrected chi connectivity index (χ0v) is 25.1. The van der Waals surface area contributed by atoms with Gasteiger partial charge in [0.2, 0.25) is 0 Å². The maximum absolute atomic E-state index is 13.9. The van der Waals surface area contributed by atoms with E-state index in [1.54, 1.807) is 26.0 Å². The van der Waals surface area contributed by atoms with Gasteiger partial charge >= 0.3 is 11.7 Å². The first-order chi connectivity index (χ1) is 20.7. The smallest absolute Gasteiger partial charge is 0.338 e. The number of aromatic nitrogens is 1. The fraction of sp³-hybridized carbons (Fsp3) is 0.242. The van der Waals surface area contributed by atoms with Gasteiger partial charge in [0.1, 0.15) is 6.61 Å². The van der Waals surface area contributed by atoms with Crippen LogP contribution in [0.15, 0.2) is 93.9 Å². The van der Waals surface area contributed by atoms with E-state index < -0.39 is 16.9 Å². The number of nitrogens with zero attached hydrogens (tertiary/aromatic N) is 3. The molecule has 1 aliphatic rings. The summed E-state index contributed by atoms with van der Waals surface area (Å²) in [5.41, 5.74) is 3.44. The summed E-state index contributed by atoms with van der Waals surface area (Å²) in [5, 5.41) is 11.9. The van der Waals surface area contributed by atoms with Gasteiger partial charge in [0.05, 0.1) is 33.4 Å². The van der Waals surface area contributed by atoms with Crippen molar-refractivity contribution in [3.05, 3.63) is 136 Å². The number of hydrogen-bond acceptors (Lipinski definition) is 8. The van der Waals surface area contributed by atoms with Gasteiger partial charge < -0.3 is 9.47 Å². The molecule has 0 N–H and O–H groups in total. The molecule has 3 aromatic carbocycles. The Labute approximate surface area is 252 Å². The molecule has 0 radical (unpaired) electrons. The van der Waals surface area contributed by atoms with Crippen LogP contribution in [-0.4, -0.2) is 22.1 Å². The maximum atomic E-state index is 13.9. The molecule has 0 spiro atoms. The Morgan fingerprint density at radius 1 is 1.12 bits per heavy atom. The molecule has 0 aliphatic carbocycles. The molecule has 0 bridgehead atoms. The average Bonchev–Trinajstić information content (AvgIpc) is 3.30. The van der Waals surface area contributed by atoms with Crippen LogP contribution < -0.4 is 19.6 Å². The Balaban J connectivity index is 1.58. The number of allylic oxidation sites excluding steroid dienone is 1. The average molecular weight is 598 g/mol. The first-order valence-corrected chi connectivity index (χ1v) is 14.7. The third-order valence-electron chi connectivity index (χ3n) is 7.15. The summed E-state index contributed by atoms with van der Waals surface area (Å²) in [5.74, 6) is -0.0817. The molecule has 0 saturated carbocycles. The fourth-order valence-corrected chi connectivity index (χ4v) is 5.99. The summed E-state index contributed by atoms with van der Waals surface area (Å²) in [6.07, 6.45) is 1.60. The molecule has 220 valence electrons. The highest BCUT2D eigenvalue weighted by Crippen LogP contribution is 2.32. The van der Waals surface area contributed by atoms with Crippen molar-refractivity contribution >= 4 is 29.1 Å². The van der Waals surface area contributed by atoms with Crippen LogP contribution >= 0.6 is 11.3 Å². The van der Waals surface area contributed by atoms with E-state index >= 15 is 0 Å². The number of hydrogen-bond donors (Lipinski definition) is 0. The second kappa shape index (κ2) is 12.6. The highest BCUT2D eigenvalue weighted by atomic mass is 32.1. The number of nitro benzene ring substituents is 1. The van der Waals surface area contributed by atoms with E-state index in [1.165, 1.54) is 16.7 Å². The molecular weight excluding hydrogens is 566 g/mol. The van der Waals surface area contributed by atoms with Crippen molar-refractivity contribution in [1.82, 2.24) is 4.57 Å². The van der Waals surface area contributed by atoms with Crippen LogP contribution in [0, 0.1) is 10.1 Å². The third kappa shape index (κ3) is 6.19. The second-order valence-corrected chi connectivity index (χ2v) is 11.4. The molecular formula is C33H31N3O6S. The Hall–Kier alpha value is -4.83. The minimum atomic E-state index is -0.734. The fourth-order valence-electron chi connectivity index (χ4n) is 4.95. The molecule has 2 heterocycles. The van der Waals surface area contributed by atoms with Gasteiger partial charge in [-0.05, 0) is 54.2 Å². The van der Waals surface area contributed by atoms with E-state index in [4.69, 9.17) is 9.47 Å². The Morgan fingerprint density at radius 3 is 2.49 bits per heavy atom. The molecule has 1 aliphatic heterocycles. The number of carbonyl (C=O) groups is 1. The molecule has 9 nitrogen and oxygen atoms in total. The van der Waals surface area contributed by atoms with Crippen LogP contribution in [0.5, 0.6) is 5.75 Å². The standard InChI is InChI=1S/C33H31N3O6S/c1-5-41-32(38)29-21(4)34-33-35(30(29)25-14-12-24(13-15-25)20(2)3)31(37)28(43-33)18-23-11-16-27(26(17-23)36(39)40)42-19-22-9-7-6-8-10-22/h6-18,20,30H,5,19H2,1-4H3. The van der Waals surface area contributed by atoms with E-state index in [1.807, 2.05) is 54.6 Å². The third-order valence-corrected chi connectivity index (χ3v) is 8.13. The largest absolute Gasteiger partial charge is 0.482 e. The van der Waals surface area contributed by atoms with Gasteiger partial charge in [-0.15, -0.1) is 0 Å². The molecule has 0 amide bonds. The van der Waals surface area contributed by atoms with E-state index in [9.17, 15) is 19.7 Å². The van der Waals surface area contributed by atoms with Gasteiger partial charge in [-0.3, -0.25) is 19.5 Å². The van der Waals surface area contributed by atoms with E-state index in [0.29, 0.717) is 32.1 Å². The summed E-state index contributed by atoms with van der Waals surface area (Å²) < 4.78 is 12.9. The van der Waals surface area contributed by atoms with Crippen molar-refractivity contribution in [2.45, 2.75) is 46.3 Å². The highest BCUT2D eigenvalue weighted by molar-refractivity contribution is 7.07. The molecule has 4 aromatic rings. The molecule has 1 unspecified atom stereocenters. The minimum Gasteiger partial charge on any atom is -0.482 e. The number of thiazole rings is 1. The molecule has 1 atom stereocenters. The summed E-state index contributed by atoms with van der Waals surface area (Å²) >= 11 is 1.16. The topological polar surface area (TPSA) is 113 Å². The van der Waals surface area contributed by atoms with Crippen LogP contribution in [0.3, 0.4) is 0 Å². The number of carbonyl (C=O) groups excluding carboxylic acids is 1. The summed E-state index contributed by atoms with van der Waals surface area (Å²) in [6.45, 7) is 8.02. The van der Waals surface area contributed by atoms with Crippen molar-refractivity contribution in [3.8, 4) is 5.75 Å². The SMILES string of the molecule is CCOC(=O)C1=C(C)N=c2sc(=Cc3ccc(OCc4ccccc4)c([N+](=O)[O-])c3)c(=O)n2C1c1ccc(C(C)C)cc1. The molecule has 0 saturated heterocycles. The molecule has 10 heteroatoms. The molecule has 43 heavy (non-hydrogen) atoms. The molecule has 1 aromatic heterocycles. The van der Waals surface area contributed by atoms with Gasteiger partial charge in [0, 0.05) is 6.07 Å². The zero-order valence-electron chi connectivity index (χ0n) is 24.3. The first-order valence-electron chi connectivity index (χ1n) is 13.9. The van der Waals surface area contributed by atoms with Crippen LogP contribution in [0.25, 0.3) is 6.08 Å². The second-order valence-electron chi connectivity index (χ2n) is 10.4. The van der Waals surface area contributed by atoms with Crippen LogP contribution in [0.1, 0.15) is 61.9 Å². The van der Waals surface area contributed by atoms with E-state index in [0.717, 1.165) is 28.0 Å². The highest BCUT2D eigenvalue weighted by Gasteiger charge is 2.33. The predicted octanol–water partition coefficient (Wildman–Crippen LogP) is 5.41. The minimum absolute atomic E-state index is 0.131. The van der Waals surface area contributed by atoms with Gasteiger partial charge in [-0.1, -0.05) is 85.8 Å². The van der Waals surface area contributed by atoms with Crippen LogP contribution in [0.4, 0.5) is 5.69 Å². The quantitative estimate of drug-likeness (QED) is 0.145. The van der Waals surface area contributed by atoms with Gasteiger partial charge in [-0.2, -0.15) is 0 Å². The number of esters is 1. The Bertz CT molecular complexity index is 1890. The number of nitro groups is 1. The number of rotatable bonds is 9. The first kappa shape index (κ1) is 29.7. The lowest BCUT2D eigenvalue weighted by Crippen LogP contribution is -2.39. The normalized spacial score (nSPS) is 14.8. The van der Waals surface area contributed by atoms with Crippen molar-refractivity contribution in [2.75, 3.05) is 6.61 Å². The molecule has 0 fully saturated rings. The van der Waals surface area contributed by atoms with Crippen molar-refractivity contribution in [2.24, 2.45) is 4.99 Å². The monoisotopic (exact) mass is 597 g/mol. The van der Waals surface area contributed by atoms with Gasteiger partial charge in [0.25, 0.3) is 5.56 Å².